The zero-order valence-corrected chi connectivity index (χ0v) is 30.1. The Morgan fingerprint density at radius 2 is 1.67 bits per heavy atom. The van der Waals surface area contributed by atoms with Gasteiger partial charge >= 0.3 is 0 Å². The minimum Gasteiger partial charge on any atom is -0.497 e. The number of aliphatic hydroxyl groups is 1. The van der Waals surface area contributed by atoms with Crippen molar-refractivity contribution < 1.29 is 24.2 Å². The number of aliphatic hydroxyl groups excluding tert-OH is 1. The van der Waals surface area contributed by atoms with Crippen LogP contribution in [0.4, 0.5) is 5.69 Å². The van der Waals surface area contributed by atoms with Crippen LogP contribution in [-0.4, -0.2) is 48.2 Å². The predicted molar refractivity (Wildman–Crippen MR) is 196 cm³/mol. The van der Waals surface area contributed by atoms with Gasteiger partial charge in [-0.15, -0.1) is 0 Å². The largest absolute Gasteiger partial charge is 0.497 e. The van der Waals surface area contributed by atoms with Gasteiger partial charge in [-0.25, -0.2) is 0 Å². The van der Waals surface area contributed by atoms with Crippen molar-refractivity contribution in [1.29, 1.82) is 0 Å². The molecule has 2 aliphatic rings. The third kappa shape index (κ3) is 6.26. The Bertz CT molecular complexity index is 1760. The second-order valence-corrected chi connectivity index (χ2v) is 14.7. The van der Waals surface area contributed by atoms with Crippen molar-refractivity contribution in [3.63, 3.8) is 0 Å². The van der Waals surface area contributed by atoms with Crippen LogP contribution in [0.5, 0.6) is 5.75 Å². The Balaban J connectivity index is 1.41. The molecule has 250 valence electrons. The van der Waals surface area contributed by atoms with Crippen molar-refractivity contribution in [3.8, 4) is 5.75 Å². The maximum atomic E-state index is 14.9. The van der Waals surface area contributed by atoms with Crippen molar-refractivity contribution in [1.82, 2.24) is 4.90 Å². The number of carbonyl (C=O) groups excluding carboxylic acids is 2. The molecule has 4 aromatic carbocycles. The van der Waals surface area contributed by atoms with Gasteiger partial charge in [-0.2, -0.15) is 0 Å². The number of para-hydroxylation sites is 1. The normalized spacial score (nSPS) is 21.8. The molecule has 4 aromatic rings. The first kappa shape index (κ1) is 34.1. The number of anilines is 1. The van der Waals surface area contributed by atoms with E-state index in [1.807, 2.05) is 89.8 Å². The molecule has 4 atom stereocenters. The van der Waals surface area contributed by atoms with E-state index in [1.165, 1.54) is 0 Å². The number of halogens is 1. The van der Waals surface area contributed by atoms with Crippen molar-refractivity contribution in [2.45, 2.75) is 57.4 Å². The molecular formula is C40H43IN2O5. The first-order valence-electron chi connectivity index (χ1n) is 16.5. The number of fused-ring (bicyclic) bond motifs is 2. The molecule has 0 bridgehead atoms. The van der Waals surface area contributed by atoms with E-state index in [0.29, 0.717) is 13.1 Å². The molecule has 1 N–H and O–H groups in total. The number of hydrogen-bond acceptors (Lipinski definition) is 5. The molecule has 2 heterocycles. The van der Waals surface area contributed by atoms with Crippen molar-refractivity contribution >= 4 is 40.1 Å². The predicted octanol–water partition coefficient (Wildman–Crippen LogP) is 7.08. The highest BCUT2D eigenvalue weighted by atomic mass is 127. The molecule has 0 aliphatic carbocycles. The van der Waals surface area contributed by atoms with E-state index in [0.717, 1.165) is 37.3 Å². The fourth-order valence-corrected chi connectivity index (χ4v) is 8.57. The van der Waals surface area contributed by atoms with E-state index in [2.05, 4.69) is 61.6 Å². The van der Waals surface area contributed by atoms with Crippen LogP contribution in [0.15, 0.2) is 103 Å². The Morgan fingerprint density at radius 3 is 2.35 bits per heavy atom. The summed E-state index contributed by atoms with van der Waals surface area (Å²) in [6.45, 7) is 7.33. The Morgan fingerprint density at radius 1 is 0.979 bits per heavy atom. The van der Waals surface area contributed by atoms with Gasteiger partial charge in [-0.05, 0) is 75.0 Å². The van der Waals surface area contributed by atoms with Crippen LogP contribution >= 0.6 is 22.6 Å². The number of carbonyl (C=O) groups is 2. The molecule has 7 nitrogen and oxygen atoms in total. The smallest absolute Gasteiger partial charge is 0.264 e. The summed E-state index contributed by atoms with van der Waals surface area (Å²) in [4.78, 5) is 32.7. The average molecular weight is 759 g/mol. The molecule has 1 fully saturated rings. The summed E-state index contributed by atoms with van der Waals surface area (Å²) < 4.78 is 13.7. The zero-order valence-electron chi connectivity index (χ0n) is 27.9. The van der Waals surface area contributed by atoms with Gasteiger partial charge in [0.05, 0.1) is 38.5 Å². The Labute approximate surface area is 297 Å². The molecular weight excluding hydrogens is 715 g/mol. The molecule has 1 spiro atoms. The van der Waals surface area contributed by atoms with Crippen molar-refractivity contribution in [2.75, 3.05) is 25.2 Å². The SMILES string of the molecule is COc1ccc(C(C)(C)[C@@H]2[C@@H](CC(=O)N(CCO)Cc3ccccc3)O[C@]3(C(=O)N(Cc4cccc(I)c4)c4ccccc43)[C@H]2C)cc1. The van der Waals surface area contributed by atoms with Gasteiger partial charge in [0.2, 0.25) is 5.91 Å². The van der Waals surface area contributed by atoms with E-state index >= 15 is 0 Å². The molecule has 2 aliphatic heterocycles. The highest BCUT2D eigenvalue weighted by Crippen LogP contribution is 2.60. The molecule has 0 radical (unpaired) electrons. The van der Waals surface area contributed by atoms with E-state index in [1.54, 1.807) is 12.0 Å². The quantitative estimate of drug-likeness (QED) is 0.166. The summed E-state index contributed by atoms with van der Waals surface area (Å²) in [5.41, 5.74) is 3.03. The molecule has 0 aromatic heterocycles. The van der Waals surface area contributed by atoms with E-state index < -0.39 is 17.1 Å². The van der Waals surface area contributed by atoms with Gasteiger partial charge < -0.3 is 24.4 Å². The third-order valence-electron chi connectivity index (χ3n) is 10.3. The van der Waals surface area contributed by atoms with Crippen LogP contribution in [0.1, 0.15) is 49.4 Å². The van der Waals surface area contributed by atoms with Crippen LogP contribution in [0.25, 0.3) is 0 Å². The van der Waals surface area contributed by atoms with Crippen LogP contribution in [0.2, 0.25) is 0 Å². The molecule has 8 heteroatoms. The number of rotatable bonds is 11. The molecule has 6 rings (SSSR count). The molecule has 2 amide bonds. The maximum absolute atomic E-state index is 14.9. The minimum atomic E-state index is -1.26. The summed E-state index contributed by atoms with van der Waals surface area (Å²) in [7, 11) is 1.65. The zero-order chi connectivity index (χ0) is 34.1. The number of nitrogens with zero attached hydrogens (tertiary/aromatic N) is 2. The maximum Gasteiger partial charge on any atom is 0.264 e. The first-order chi connectivity index (χ1) is 23.1. The van der Waals surface area contributed by atoms with Gasteiger partial charge in [0.15, 0.2) is 5.60 Å². The monoisotopic (exact) mass is 758 g/mol. The Hall–Kier alpha value is -3.73. The lowest BCUT2D eigenvalue weighted by Gasteiger charge is -2.39. The minimum absolute atomic E-state index is 0.0789. The lowest BCUT2D eigenvalue weighted by molar-refractivity contribution is -0.150. The van der Waals surface area contributed by atoms with Gasteiger partial charge in [-0.3, -0.25) is 9.59 Å². The number of hydrogen-bond donors (Lipinski definition) is 1. The molecule has 0 saturated carbocycles. The first-order valence-corrected chi connectivity index (χ1v) is 17.6. The standard InChI is InChI=1S/C40H43IN2O5/c1-27-37(39(2,3)30-17-19-32(47-4)20-18-30)35(24-36(45)42(21-22-44)25-28-11-6-5-7-12-28)48-40(27)33-15-8-9-16-34(33)43(38(40)46)26-29-13-10-14-31(41)23-29/h5-20,23,27,35,37,44H,21-22,24-26H2,1-4H3/t27-,35+,37-,40+/m0/s1. The summed E-state index contributed by atoms with van der Waals surface area (Å²) in [5.74, 6) is 0.0591. The van der Waals surface area contributed by atoms with Gasteiger partial charge in [0.1, 0.15) is 5.75 Å². The van der Waals surface area contributed by atoms with Crippen LogP contribution in [0.3, 0.4) is 0 Å². The highest BCUT2D eigenvalue weighted by Gasteiger charge is 2.66. The second kappa shape index (κ2) is 14.0. The number of amides is 2. The summed E-state index contributed by atoms with van der Waals surface area (Å²) in [5, 5.41) is 9.93. The summed E-state index contributed by atoms with van der Waals surface area (Å²) in [6, 6.07) is 34.0. The van der Waals surface area contributed by atoms with Crippen LogP contribution in [0, 0.1) is 15.4 Å². The summed E-state index contributed by atoms with van der Waals surface area (Å²) >= 11 is 2.30. The fraction of sp³-hybridized carbons (Fsp3) is 0.350. The fourth-order valence-electron chi connectivity index (χ4n) is 7.96. The molecule has 0 unspecified atom stereocenters. The van der Waals surface area contributed by atoms with E-state index in [-0.39, 0.29) is 43.2 Å². The molecule has 48 heavy (non-hydrogen) atoms. The average Bonchev–Trinajstić information content (AvgIpc) is 3.51. The van der Waals surface area contributed by atoms with Crippen molar-refractivity contribution in [2.24, 2.45) is 11.8 Å². The summed E-state index contributed by atoms with van der Waals surface area (Å²) in [6.07, 6.45) is -0.494. The van der Waals surface area contributed by atoms with E-state index in [9.17, 15) is 14.7 Å². The van der Waals surface area contributed by atoms with Gasteiger partial charge in [-0.1, -0.05) is 93.6 Å². The highest BCUT2D eigenvalue weighted by molar-refractivity contribution is 14.1. The number of benzene rings is 4. The topological polar surface area (TPSA) is 79.3 Å². The van der Waals surface area contributed by atoms with Gasteiger partial charge in [0.25, 0.3) is 5.91 Å². The van der Waals surface area contributed by atoms with E-state index in [4.69, 9.17) is 9.47 Å². The molecule has 1 saturated heterocycles. The lowest BCUT2D eigenvalue weighted by atomic mass is 9.63. The third-order valence-corrected chi connectivity index (χ3v) is 11.0. The Kier molecular flexibility index (Phi) is 9.97. The van der Waals surface area contributed by atoms with Crippen molar-refractivity contribution in [3.05, 3.63) is 129 Å². The van der Waals surface area contributed by atoms with Crippen LogP contribution in [-0.2, 0) is 38.4 Å². The van der Waals surface area contributed by atoms with Gasteiger partial charge in [0, 0.05) is 34.1 Å². The second-order valence-electron chi connectivity index (χ2n) is 13.4. The van der Waals surface area contributed by atoms with Crippen LogP contribution < -0.4 is 9.64 Å². The number of ether oxygens (including phenoxy) is 2. The lowest BCUT2D eigenvalue weighted by Crippen LogP contribution is -2.45. The number of methoxy groups -OCH3 is 1.